The molecule has 0 radical (unpaired) electrons. The number of quaternary nitrogens is 1. The van der Waals surface area contributed by atoms with E-state index < -0.39 is 24.3 Å². The highest BCUT2D eigenvalue weighted by atomic mass is 16.7. The van der Waals surface area contributed by atoms with Crippen molar-refractivity contribution in [3.8, 4) is 0 Å². The number of ether oxygens (including phenoxy) is 4. The standard InChI is InChI=1S/C75H135NO8/c1-6-8-10-12-14-16-18-20-22-24-26-28-30-32-34-36-37-38-40-42-44-46-48-50-52-54-56-58-60-62-64-66-73(78)84-71(70-83-75(74(79)80)81-68-67-76(3,4)5)69-82-72(77)65-63-61-59-57-55-53-51-49-47-45-43-41-39-35-33-31-29-27-25-23-21-19-17-15-13-11-9-7-2/h8,10,14,16,20,22,26,28,32,34,37-38,71,75H,6-7,9,11-13,15,17-19,21,23-25,27,29-31,33,35-36,39-70H2,1-5H3/b10-8-,16-14-,22-20-,28-26-,34-32-,38-37-. The molecule has 0 bridgehead atoms. The van der Waals surface area contributed by atoms with E-state index in [0.717, 1.165) is 77.0 Å². The van der Waals surface area contributed by atoms with E-state index in [9.17, 15) is 19.5 Å². The Morgan fingerprint density at radius 1 is 0.369 bits per heavy atom. The van der Waals surface area contributed by atoms with Gasteiger partial charge in [-0.05, 0) is 64.2 Å². The molecule has 84 heavy (non-hydrogen) atoms. The zero-order valence-electron chi connectivity index (χ0n) is 55.8. The molecule has 0 spiro atoms. The second-order valence-electron chi connectivity index (χ2n) is 25.2. The molecule has 2 unspecified atom stereocenters. The molecular formula is C75H135NO8. The van der Waals surface area contributed by atoms with Crippen LogP contribution in [0.4, 0.5) is 0 Å². The smallest absolute Gasteiger partial charge is 0.306 e. The number of nitrogens with zero attached hydrogens (tertiary/aromatic N) is 1. The summed E-state index contributed by atoms with van der Waals surface area (Å²) < 4.78 is 22.8. The van der Waals surface area contributed by atoms with E-state index in [-0.39, 0.29) is 32.2 Å². The van der Waals surface area contributed by atoms with E-state index in [1.54, 1.807) is 0 Å². The number of hydrogen-bond acceptors (Lipinski definition) is 8. The van der Waals surface area contributed by atoms with Gasteiger partial charge in [0.05, 0.1) is 40.3 Å². The summed E-state index contributed by atoms with van der Waals surface area (Å²) in [6, 6.07) is 0. The van der Waals surface area contributed by atoms with Gasteiger partial charge in [-0.3, -0.25) is 9.59 Å². The highest BCUT2D eigenvalue weighted by molar-refractivity contribution is 5.70. The summed E-state index contributed by atoms with van der Waals surface area (Å²) in [7, 11) is 5.94. The molecule has 0 N–H and O–H groups in total. The van der Waals surface area contributed by atoms with Gasteiger partial charge in [-0.15, -0.1) is 0 Å². The number of unbranched alkanes of at least 4 members (excludes halogenated alkanes) is 39. The quantitative estimate of drug-likeness (QED) is 0.0195. The predicted octanol–water partition coefficient (Wildman–Crippen LogP) is 20.7. The highest BCUT2D eigenvalue weighted by Crippen LogP contribution is 2.18. The number of likely N-dealkylation sites (N-methyl/N-ethyl adjacent to an activating group) is 1. The van der Waals surface area contributed by atoms with Crippen molar-refractivity contribution in [2.45, 2.75) is 341 Å². The third-order valence-corrected chi connectivity index (χ3v) is 15.7. The average Bonchev–Trinajstić information content (AvgIpc) is 3.51. The Hall–Kier alpha value is -3.27. The monoisotopic (exact) mass is 1180 g/mol. The molecule has 0 saturated heterocycles. The second-order valence-corrected chi connectivity index (χ2v) is 25.2. The van der Waals surface area contributed by atoms with Gasteiger partial charge in [-0.1, -0.05) is 324 Å². The Labute approximate surface area is 519 Å². The largest absolute Gasteiger partial charge is 0.545 e. The number of carboxylic acids is 1. The predicted molar refractivity (Wildman–Crippen MR) is 357 cm³/mol. The second kappa shape index (κ2) is 65.7. The fourth-order valence-electron chi connectivity index (χ4n) is 10.3. The normalized spacial score (nSPS) is 13.1. The maximum Gasteiger partial charge on any atom is 0.306 e. The zero-order valence-corrected chi connectivity index (χ0v) is 55.8. The first-order chi connectivity index (χ1) is 41.1. The SMILES string of the molecule is CC/C=C\C/C=C\C/C=C\C/C=C\C/C=C\C/C=C\CCCCCCCCCCCCCCC(=O)OC(COC(=O)CCCCCCCCCCCCCCCCCCCCCCCCCCCCCC)COC(OCC[N+](C)(C)C)C(=O)[O-]. The Kier molecular flexibility index (Phi) is 63.1. The Balaban J connectivity index is 4.10. The van der Waals surface area contributed by atoms with E-state index >= 15 is 0 Å². The number of aliphatic carboxylic acids is 1. The molecule has 2 atom stereocenters. The van der Waals surface area contributed by atoms with Crippen molar-refractivity contribution in [1.29, 1.82) is 0 Å². The van der Waals surface area contributed by atoms with Crippen molar-refractivity contribution in [1.82, 2.24) is 0 Å². The molecule has 0 aliphatic rings. The molecule has 9 nitrogen and oxygen atoms in total. The first kappa shape index (κ1) is 80.7. The number of rotatable bonds is 66. The fraction of sp³-hybridized carbons (Fsp3) is 0.800. The van der Waals surface area contributed by atoms with Gasteiger partial charge in [-0.2, -0.15) is 0 Å². The number of allylic oxidation sites excluding steroid dienone is 12. The topological polar surface area (TPSA) is 111 Å². The first-order valence-electron chi connectivity index (χ1n) is 35.6. The number of carbonyl (C=O) groups excluding carboxylic acids is 3. The van der Waals surface area contributed by atoms with Crippen LogP contribution < -0.4 is 5.11 Å². The summed E-state index contributed by atoms with van der Waals surface area (Å²) in [5, 5.41) is 11.8. The molecule has 0 aliphatic heterocycles. The van der Waals surface area contributed by atoms with Crippen LogP contribution in [0.3, 0.4) is 0 Å². The van der Waals surface area contributed by atoms with Crippen LogP contribution in [0.5, 0.6) is 0 Å². The lowest BCUT2D eigenvalue weighted by atomic mass is 10.0. The minimum absolute atomic E-state index is 0.147. The van der Waals surface area contributed by atoms with Crippen LogP contribution in [0.25, 0.3) is 0 Å². The average molecular weight is 1180 g/mol. The van der Waals surface area contributed by atoms with Gasteiger partial charge in [0.15, 0.2) is 12.4 Å². The third-order valence-electron chi connectivity index (χ3n) is 15.7. The summed E-state index contributed by atoms with van der Waals surface area (Å²) in [6.07, 6.45) is 84.2. The summed E-state index contributed by atoms with van der Waals surface area (Å²) in [5.41, 5.74) is 0. The highest BCUT2D eigenvalue weighted by Gasteiger charge is 2.22. The first-order valence-corrected chi connectivity index (χ1v) is 35.6. The third kappa shape index (κ3) is 66.3. The zero-order chi connectivity index (χ0) is 61.2. The van der Waals surface area contributed by atoms with Crippen molar-refractivity contribution in [3.63, 3.8) is 0 Å². The molecule has 0 amide bonds. The molecule has 0 aromatic heterocycles. The molecule has 0 fully saturated rings. The van der Waals surface area contributed by atoms with Crippen LogP contribution in [0.2, 0.25) is 0 Å². The fourth-order valence-corrected chi connectivity index (χ4v) is 10.3. The molecule has 0 aliphatic carbocycles. The summed E-state index contributed by atoms with van der Waals surface area (Å²) in [5.74, 6) is -2.27. The van der Waals surface area contributed by atoms with Crippen LogP contribution in [-0.4, -0.2) is 82.3 Å². The number of carboxylic acid groups (broad SMARTS) is 1. The Bertz CT molecular complexity index is 1610. The van der Waals surface area contributed by atoms with Crippen LogP contribution in [-0.2, 0) is 33.3 Å². The number of carbonyl (C=O) groups is 3. The molecule has 0 aromatic carbocycles. The minimum Gasteiger partial charge on any atom is -0.545 e. The summed E-state index contributed by atoms with van der Waals surface area (Å²) in [6.45, 7) is 4.68. The van der Waals surface area contributed by atoms with Gasteiger partial charge in [0.25, 0.3) is 0 Å². The van der Waals surface area contributed by atoms with E-state index in [2.05, 4.69) is 86.8 Å². The Morgan fingerprint density at radius 3 is 1.01 bits per heavy atom. The van der Waals surface area contributed by atoms with Gasteiger partial charge < -0.3 is 33.3 Å². The van der Waals surface area contributed by atoms with Crippen LogP contribution >= 0.6 is 0 Å². The summed E-state index contributed by atoms with van der Waals surface area (Å²) in [4.78, 5) is 37.5. The van der Waals surface area contributed by atoms with Crippen molar-refractivity contribution < 1.29 is 42.9 Å². The van der Waals surface area contributed by atoms with Gasteiger partial charge in [0.2, 0.25) is 0 Å². The number of esters is 2. The van der Waals surface area contributed by atoms with Gasteiger partial charge >= 0.3 is 11.9 Å². The van der Waals surface area contributed by atoms with E-state index in [1.807, 2.05) is 21.1 Å². The van der Waals surface area contributed by atoms with E-state index in [4.69, 9.17) is 18.9 Å². The van der Waals surface area contributed by atoms with Crippen LogP contribution in [0.15, 0.2) is 72.9 Å². The van der Waals surface area contributed by atoms with E-state index in [0.29, 0.717) is 23.9 Å². The molecule has 488 valence electrons. The van der Waals surface area contributed by atoms with Crippen molar-refractivity contribution in [2.75, 3.05) is 47.5 Å². The summed E-state index contributed by atoms with van der Waals surface area (Å²) >= 11 is 0. The molecule has 0 rings (SSSR count). The lowest BCUT2D eigenvalue weighted by Gasteiger charge is -2.26. The molecular weight excluding hydrogens is 1040 g/mol. The van der Waals surface area contributed by atoms with Gasteiger partial charge in [0, 0.05) is 12.8 Å². The van der Waals surface area contributed by atoms with Gasteiger partial charge in [0.1, 0.15) is 13.2 Å². The lowest BCUT2D eigenvalue weighted by Crippen LogP contribution is -2.44. The molecule has 0 saturated carbocycles. The van der Waals surface area contributed by atoms with Crippen LogP contribution in [0, 0.1) is 0 Å². The maximum atomic E-state index is 12.9. The minimum atomic E-state index is -1.62. The van der Waals surface area contributed by atoms with Crippen molar-refractivity contribution >= 4 is 17.9 Å². The molecule has 0 heterocycles. The Morgan fingerprint density at radius 2 is 0.679 bits per heavy atom. The molecule has 0 aromatic rings. The van der Waals surface area contributed by atoms with Gasteiger partial charge in [-0.25, -0.2) is 0 Å². The lowest BCUT2D eigenvalue weighted by molar-refractivity contribution is -0.870. The van der Waals surface area contributed by atoms with Crippen molar-refractivity contribution in [3.05, 3.63) is 72.9 Å². The van der Waals surface area contributed by atoms with E-state index in [1.165, 1.54) is 218 Å². The maximum absolute atomic E-state index is 12.9. The van der Waals surface area contributed by atoms with Crippen molar-refractivity contribution in [2.24, 2.45) is 0 Å². The van der Waals surface area contributed by atoms with Crippen LogP contribution in [0.1, 0.15) is 328 Å². The number of hydrogen-bond donors (Lipinski definition) is 0. The molecule has 9 heteroatoms.